The van der Waals surface area contributed by atoms with E-state index < -0.39 is 10.5 Å². The van der Waals surface area contributed by atoms with Crippen LogP contribution in [-0.2, 0) is 10.3 Å². The second-order valence-electron chi connectivity index (χ2n) is 5.00. The molecule has 8 heteroatoms. The van der Waals surface area contributed by atoms with Gasteiger partial charge in [-0.3, -0.25) is 10.1 Å². The van der Waals surface area contributed by atoms with Crippen LogP contribution >= 0.6 is 0 Å². The van der Waals surface area contributed by atoms with Crippen LogP contribution < -0.4 is 5.73 Å². The summed E-state index contributed by atoms with van der Waals surface area (Å²) in [6.45, 7) is 0. The fourth-order valence-electron chi connectivity index (χ4n) is 2.38. The molecule has 0 atom stereocenters. The van der Waals surface area contributed by atoms with E-state index >= 15 is 0 Å². The molecule has 0 unspecified atom stereocenters. The number of benzene rings is 1. The number of nitrogen functional groups attached to an aromatic ring is 1. The van der Waals surface area contributed by atoms with Gasteiger partial charge in [0.25, 0.3) is 11.6 Å². The number of rotatable bonds is 4. The number of nitrogens with two attached hydrogens (primary N) is 1. The van der Waals surface area contributed by atoms with Crippen molar-refractivity contribution in [2.75, 3.05) is 12.8 Å². The topological polar surface area (TPSA) is 117 Å². The van der Waals surface area contributed by atoms with Crippen molar-refractivity contribution in [3.8, 4) is 11.5 Å². The molecule has 2 aromatic rings. The van der Waals surface area contributed by atoms with Crippen molar-refractivity contribution in [1.82, 2.24) is 10.1 Å². The molecule has 21 heavy (non-hydrogen) atoms. The molecule has 2 N–H and O–H groups in total. The highest BCUT2D eigenvalue weighted by molar-refractivity contribution is 5.73. The van der Waals surface area contributed by atoms with Crippen molar-refractivity contribution in [3.05, 3.63) is 34.1 Å². The summed E-state index contributed by atoms with van der Waals surface area (Å²) >= 11 is 0. The number of nitro groups is 1. The molecule has 110 valence electrons. The van der Waals surface area contributed by atoms with E-state index in [1.54, 1.807) is 7.11 Å². The Balaban J connectivity index is 2.00. The van der Waals surface area contributed by atoms with Gasteiger partial charge in [-0.2, -0.15) is 4.98 Å². The van der Waals surface area contributed by atoms with E-state index in [-0.39, 0.29) is 11.6 Å². The summed E-state index contributed by atoms with van der Waals surface area (Å²) in [6.07, 6.45) is 2.69. The number of nitrogens with zero attached hydrogens (tertiary/aromatic N) is 3. The molecule has 0 radical (unpaired) electrons. The molecular formula is C13H14N4O4. The number of aromatic nitrogens is 2. The van der Waals surface area contributed by atoms with Crippen LogP contribution in [0.15, 0.2) is 22.7 Å². The maximum atomic E-state index is 10.8. The zero-order valence-electron chi connectivity index (χ0n) is 11.4. The summed E-state index contributed by atoms with van der Waals surface area (Å²) < 4.78 is 10.7. The van der Waals surface area contributed by atoms with Crippen molar-refractivity contribution in [3.63, 3.8) is 0 Å². The number of nitro benzene ring substituents is 1. The van der Waals surface area contributed by atoms with Gasteiger partial charge in [-0.15, -0.1) is 0 Å². The first-order chi connectivity index (χ1) is 10.1. The molecule has 0 amide bonds. The number of anilines is 1. The molecule has 1 heterocycles. The first-order valence-corrected chi connectivity index (χ1v) is 6.49. The third kappa shape index (κ3) is 2.13. The smallest absolute Gasteiger partial charge is 0.270 e. The lowest BCUT2D eigenvalue weighted by Crippen LogP contribution is -2.37. The van der Waals surface area contributed by atoms with E-state index in [2.05, 4.69) is 10.1 Å². The first-order valence-electron chi connectivity index (χ1n) is 6.49. The van der Waals surface area contributed by atoms with Crippen LogP contribution in [0.3, 0.4) is 0 Å². The number of hydrogen-bond donors (Lipinski definition) is 1. The van der Waals surface area contributed by atoms with Crippen LogP contribution in [0.2, 0.25) is 0 Å². The standard InChI is InChI=1S/C13H14N4O4/c1-20-13(5-2-6-13)12-15-11(21-16-12)9-7-8(17(18)19)3-4-10(9)14/h3-4,7H,2,5-6,14H2,1H3. The van der Waals surface area contributed by atoms with Gasteiger partial charge < -0.3 is 15.0 Å². The Hall–Kier alpha value is -2.48. The minimum Gasteiger partial charge on any atom is -0.398 e. The normalized spacial score (nSPS) is 16.4. The van der Waals surface area contributed by atoms with E-state index in [4.69, 9.17) is 15.0 Å². The summed E-state index contributed by atoms with van der Waals surface area (Å²) in [6, 6.07) is 4.11. The molecule has 0 aliphatic heterocycles. The fraction of sp³-hybridized carbons (Fsp3) is 0.385. The van der Waals surface area contributed by atoms with Gasteiger partial charge in [0.2, 0.25) is 5.82 Å². The minimum atomic E-state index is -0.503. The Morgan fingerprint density at radius 2 is 2.24 bits per heavy atom. The van der Waals surface area contributed by atoms with Crippen molar-refractivity contribution in [2.24, 2.45) is 0 Å². The number of methoxy groups -OCH3 is 1. The zero-order chi connectivity index (χ0) is 15.0. The van der Waals surface area contributed by atoms with Gasteiger partial charge in [0.05, 0.1) is 10.5 Å². The van der Waals surface area contributed by atoms with Crippen LogP contribution in [0.1, 0.15) is 25.1 Å². The quantitative estimate of drug-likeness (QED) is 0.521. The molecule has 8 nitrogen and oxygen atoms in total. The lowest BCUT2D eigenvalue weighted by molar-refractivity contribution is -0.384. The largest absolute Gasteiger partial charge is 0.398 e. The van der Waals surface area contributed by atoms with Crippen LogP contribution in [-0.4, -0.2) is 22.2 Å². The maximum absolute atomic E-state index is 10.8. The Morgan fingerprint density at radius 3 is 2.81 bits per heavy atom. The SMILES string of the molecule is COC1(c2noc(-c3cc([N+](=O)[O-])ccc3N)n2)CCC1. The van der Waals surface area contributed by atoms with Crippen molar-refractivity contribution < 1.29 is 14.2 Å². The summed E-state index contributed by atoms with van der Waals surface area (Å²) in [7, 11) is 1.61. The molecule has 0 spiro atoms. The highest BCUT2D eigenvalue weighted by Crippen LogP contribution is 2.43. The van der Waals surface area contributed by atoms with Crippen LogP contribution in [0.5, 0.6) is 0 Å². The summed E-state index contributed by atoms with van der Waals surface area (Å²) in [5.41, 5.74) is 5.95. The van der Waals surface area contributed by atoms with Crippen molar-refractivity contribution >= 4 is 11.4 Å². The highest BCUT2D eigenvalue weighted by Gasteiger charge is 2.43. The third-order valence-corrected chi connectivity index (χ3v) is 3.86. The van der Waals surface area contributed by atoms with Gasteiger partial charge in [-0.05, 0) is 25.3 Å². The van der Waals surface area contributed by atoms with Crippen molar-refractivity contribution in [2.45, 2.75) is 24.9 Å². The third-order valence-electron chi connectivity index (χ3n) is 3.86. The Morgan fingerprint density at radius 1 is 1.48 bits per heavy atom. The average Bonchev–Trinajstić information content (AvgIpc) is 2.88. The summed E-state index contributed by atoms with van der Waals surface area (Å²) in [5.74, 6) is 0.617. The van der Waals surface area contributed by atoms with Gasteiger partial charge in [0.1, 0.15) is 5.60 Å². The average molecular weight is 290 g/mol. The van der Waals surface area contributed by atoms with Crippen LogP contribution in [0, 0.1) is 10.1 Å². The molecule has 1 aromatic heterocycles. The van der Waals surface area contributed by atoms with Gasteiger partial charge >= 0.3 is 0 Å². The lowest BCUT2D eigenvalue weighted by Gasteiger charge is -2.37. The first kappa shape index (κ1) is 13.5. The summed E-state index contributed by atoms with van der Waals surface area (Å²) in [4.78, 5) is 14.6. The Kier molecular flexibility index (Phi) is 3.09. The predicted octanol–water partition coefficient (Wildman–Crippen LogP) is 2.25. The van der Waals surface area contributed by atoms with Gasteiger partial charge in [-0.25, -0.2) is 0 Å². The van der Waals surface area contributed by atoms with Gasteiger partial charge in [-0.1, -0.05) is 5.16 Å². The van der Waals surface area contributed by atoms with Crippen molar-refractivity contribution in [1.29, 1.82) is 0 Å². The van der Waals surface area contributed by atoms with E-state index in [1.807, 2.05) is 0 Å². The number of non-ortho nitro benzene ring substituents is 1. The molecule has 1 aliphatic rings. The van der Waals surface area contributed by atoms with Gasteiger partial charge in [0, 0.05) is 24.9 Å². The molecule has 3 rings (SSSR count). The van der Waals surface area contributed by atoms with E-state index in [9.17, 15) is 10.1 Å². The van der Waals surface area contributed by atoms with Gasteiger partial charge in [0.15, 0.2) is 0 Å². The monoisotopic (exact) mass is 290 g/mol. The molecule has 0 bridgehead atoms. The summed E-state index contributed by atoms with van der Waals surface area (Å²) in [5, 5.41) is 14.8. The van der Waals surface area contributed by atoms with E-state index in [0.29, 0.717) is 17.1 Å². The Bertz CT molecular complexity index is 688. The number of hydrogen-bond acceptors (Lipinski definition) is 7. The second kappa shape index (κ2) is 4.81. The maximum Gasteiger partial charge on any atom is 0.270 e. The predicted molar refractivity (Wildman–Crippen MR) is 73.3 cm³/mol. The fourth-order valence-corrected chi connectivity index (χ4v) is 2.38. The molecule has 1 saturated carbocycles. The lowest BCUT2D eigenvalue weighted by atomic mass is 9.79. The molecular weight excluding hydrogens is 276 g/mol. The minimum absolute atomic E-state index is 0.0796. The molecule has 0 saturated heterocycles. The molecule has 1 aliphatic carbocycles. The van der Waals surface area contributed by atoms with E-state index in [0.717, 1.165) is 19.3 Å². The van der Waals surface area contributed by atoms with Crippen LogP contribution in [0.4, 0.5) is 11.4 Å². The number of ether oxygens (including phenoxy) is 1. The highest BCUT2D eigenvalue weighted by atomic mass is 16.6. The van der Waals surface area contributed by atoms with E-state index in [1.165, 1.54) is 18.2 Å². The second-order valence-corrected chi connectivity index (χ2v) is 5.00. The van der Waals surface area contributed by atoms with Crippen LogP contribution in [0.25, 0.3) is 11.5 Å². The Labute approximate surface area is 120 Å². The molecule has 1 fully saturated rings. The zero-order valence-corrected chi connectivity index (χ0v) is 11.4. The molecule has 1 aromatic carbocycles.